The van der Waals surface area contributed by atoms with Gasteiger partial charge in [0.2, 0.25) is 0 Å². The van der Waals surface area contributed by atoms with Crippen LogP contribution in [0.3, 0.4) is 0 Å². The summed E-state index contributed by atoms with van der Waals surface area (Å²) >= 11 is 0. The molecule has 4 rings (SSSR count). The molecule has 0 bridgehead atoms. The Balaban J connectivity index is 1.43. The van der Waals surface area contributed by atoms with Crippen molar-refractivity contribution in [3.8, 4) is 0 Å². The molecule has 7 heteroatoms. The summed E-state index contributed by atoms with van der Waals surface area (Å²) in [7, 11) is 0. The highest BCUT2D eigenvalue weighted by Gasteiger charge is 2.25. The first-order valence-corrected chi connectivity index (χ1v) is 8.26. The fraction of sp³-hybridized carbons (Fsp3) is 0.278. The Morgan fingerprint density at radius 1 is 1.20 bits per heavy atom. The summed E-state index contributed by atoms with van der Waals surface area (Å²) in [6.45, 7) is 2.96. The molecule has 7 nitrogen and oxygen atoms in total. The number of aromatic amines is 1. The van der Waals surface area contributed by atoms with Crippen LogP contribution in [0.15, 0.2) is 42.7 Å². The van der Waals surface area contributed by atoms with Gasteiger partial charge in [-0.05, 0) is 5.56 Å². The van der Waals surface area contributed by atoms with E-state index in [1.54, 1.807) is 0 Å². The molecule has 0 saturated carbocycles. The van der Waals surface area contributed by atoms with Crippen LogP contribution in [0.25, 0.3) is 0 Å². The van der Waals surface area contributed by atoms with E-state index in [-0.39, 0.29) is 5.69 Å². The van der Waals surface area contributed by atoms with E-state index in [2.05, 4.69) is 38.5 Å². The summed E-state index contributed by atoms with van der Waals surface area (Å²) in [4.78, 5) is 13.5. The maximum Gasteiger partial charge on any atom is 0.356 e. The first kappa shape index (κ1) is 15.6. The quantitative estimate of drug-likeness (QED) is 0.743. The second-order valence-electron chi connectivity index (χ2n) is 6.33. The van der Waals surface area contributed by atoms with Gasteiger partial charge in [-0.3, -0.25) is 14.7 Å². The smallest absolute Gasteiger partial charge is 0.356 e. The van der Waals surface area contributed by atoms with E-state index in [0.717, 1.165) is 42.9 Å². The fourth-order valence-corrected chi connectivity index (χ4v) is 3.27. The van der Waals surface area contributed by atoms with E-state index in [1.165, 1.54) is 5.56 Å². The molecule has 0 saturated heterocycles. The fourth-order valence-electron chi connectivity index (χ4n) is 3.27. The number of nitrogens with zero attached hydrogens (tertiary/aromatic N) is 4. The molecule has 0 radical (unpaired) electrons. The van der Waals surface area contributed by atoms with E-state index in [9.17, 15) is 9.90 Å². The highest BCUT2D eigenvalue weighted by atomic mass is 16.4. The number of nitrogens with one attached hydrogen (secondary N) is 1. The van der Waals surface area contributed by atoms with Crippen LogP contribution in [0, 0.1) is 0 Å². The number of aromatic nitrogens is 4. The largest absolute Gasteiger partial charge is 0.476 e. The second kappa shape index (κ2) is 6.52. The van der Waals surface area contributed by atoms with Gasteiger partial charge >= 0.3 is 5.97 Å². The Hall–Kier alpha value is -2.93. The van der Waals surface area contributed by atoms with Gasteiger partial charge in [-0.1, -0.05) is 30.3 Å². The molecule has 0 unspecified atom stereocenters. The van der Waals surface area contributed by atoms with Gasteiger partial charge < -0.3 is 5.11 Å². The number of carboxylic acids is 1. The molecule has 128 valence electrons. The van der Waals surface area contributed by atoms with Crippen LogP contribution in [0.2, 0.25) is 0 Å². The molecular formula is C18H19N5O2. The van der Waals surface area contributed by atoms with Crippen molar-refractivity contribution >= 4 is 5.97 Å². The average molecular weight is 337 g/mol. The molecule has 0 aliphatic carbocycles. The van der Waals surface area contributed by atoms with Gasteiger partial charge in [-0.15, -0.1) is 0 Å². The number of rotatable bonds is 5. The van der Waals surface area contributed by atoms with Gasteiger partial charge in [0, 0.05) is 49.1 Å². The van der Waals surface area contributed by atoms with Gasteiger partial charge in [-0.2, -0.15) is 10.2 Å². The van der Waals surface area contributed by atoms with E-state index in [0.29, 0.717) is 6.54 Å². The minimum atomic E-state index is -0.977. The van der Waals surface area contributed by atoms with E-state index in [1.807, 2.05) is 29.1 Å². The molecule has 3 heterocycles. The third-order valence-corrected chi connectivity index (χ3v) is 4.50. The van der Waals surface area contributed by atoms with Gasteiger partial charge in [0.15, 0.2) is 5.69 Å². The standard InChI is InChI=1S/C18H19N5O2/c24-18(25)17-15-12-22(7-6-16(15)20-21-17)9-14-8-19-23(11-14)10-13-4-2-1-3-5-13/h1-5,8,11H,6-7,9-10,12H2,(H,20,21)(H,24,25). The Morgan fingerprint density at radius 3 is 2.84 bits per heavy atom. The number of carbonyl (C=O) groups is 1. The number of hydrogen-bond acceptors (Lipinski definition) is 4. The molecule has 1 aliphatic rings. The monoisotopic (exact) mass is 337 g/mol. The van der Waals surface area contributed by atoms with Crippen molar-refractivity contribution in [2.45, 2.75) is 26.1 Å². The highest BCUT2D eigenvalue weighted by Crippen LogP contribution is 2.21. The van der Waals surface area contributed by atoms with Crippen LogP contribution < -0.4 is 0 Å². The molecule has 0 atom stereocenters. The molecule has 0 amide bonds. The Kier molecular flexibility index (Phi) is 4.07. The number of hydrogen-bond donors (Lipinski definition) is 2. The molecule has 1 aromatic carbocycles. The maximum absolute atomic E-state index is 11.3. The zero-order chi connectivity index (χ0) is 17.2. The average Bonchev–Trinajstić information content (AvgIpc) is 3.22. The lowest BCUT2D eigenvalue weighted by atomic mass is 10.0. The van der Waals surface area contributed by atoms with Gasteiger partial charge in [0.1, 0.15) is 0 Å². The van der Waals surface area contributed by atoms with Gasteiger partial charge in [0.05, 0.1) is 12.7 Å². The molecule has 2 aromatic heterocycles. The van der Waals surface area contributed by atoms with Crippen molar-refractivity contribution < 1.29 is 9.90 Å². The summed E-state index contributed by atoms with van der Waals surface area (Å²) in [5.41, 5.74) is 4.22. The summed E-state index contributed by atoms with van der Waals surface area (Å²) < 4.78 is 1.93. The first-order valence-electron chi connectivity index (χ1n) is 8.26. The Labute approximate surface area is 144 Å². The van der Waals surface area contributed by atoms with Crippen LogP contribution in [0.1, 0.15) is 32.9 Å². The number of H-pyrrole nitrogens is 1. The minimum absolute atomic E-state index is 0.138. The predicted octanol–water partition coefficient (Wildman–Crippen LogP) is 1.91. The minimum Gasteiger partial charge on any atom is -0.476 e. The SMILES string of the molecule is O=C(O)c1n[nH]c2c1CN(Cc1cnn(Cc3ccccc3)c1)CC2. The summed E-state index contributed by atoms with van der Waals surface area (Å²) in [6.07, 6.45) is 4.72. The molecule has 1 aliphatic heterocycles. The highest BCUT2D eigenvalue weighted by molar-refractivity contribution is 5.87. The predicted molar refractivity (Wildman–Crippen MR) is 91.1 cm³/mol. The molecule has 25 heavy (non-hydrogen) atoms. The number of aromatic carboxylic acids is 1. The topological polar surface area (TPSA) is 87.0 Å². The first-order chi connectivity index (χ1) is 12.2. The van der Waals surface area contributed by atoms with Crippen LogP contribution >= 0.6 is 0 Å². The lowest BCUT2D eigenvalue weighted by Crippen LogP contribution is -2.30. The lowest BCUT2D eigenvalue weighted by Gasteiger charge is -2.26. The zero-order valence-corrected chi connectivity index (χ0v) is 13.7. The molecule has 2 N–H and O–H groups in total. The van der Waals surface area contributed by atoms with E-state index in [4.69, 9.17) is 0 Å². The van der Waals surface area contributed by atoms with Crippen molar-refractivity contribution in [1.82, 2.24) is 24.9 Å². The molecule has 3 aromatic rings. The zero-order valence-electron chi connectivity index (χ0n) is 13.7. The van der Waals surface area contributed by atoms with Crippen LogP contribution in [-0.4, -0.2) is 42.5 Å². The van der Waals surface area contributed by atoms with Crippen molar-refractivity contribution in [2.75, 3.05) is 6.54 Å². The Bertz CT molecular complexity index is 884. The van der Waals surface area contributed by atoms with Crippen molar-refractivity contribution in [3.63, 3.8) is 0 Å². The van der Waals surface area contributed by atoms with E-state index < -0.39 is 5.97 Å². The number of carboxylic acid groups (broad SMARTS) is 1. The lowest BCUT2D eigenvalue weighted by molar-refractivity contribution is 0.0687. The van der Waals surface area contributed by atoms with E-state index >= 15 is 0 Å². The van der Waals surface area contributed by atoms with Crippen LogP contribution in [-0.2, 0) is 26.1 Å². The van der Waals surface area contributed by atoms with Crippen LogP contribution in [0.5, 0.6) is 0 Å². The normalized spacial score (nSPS) is 14.4. The second-order valence-corrected chi connectivity index (χ2v) is 6.33. The summed E-state index contributed by atoms with van der Waals surface area (Å²) in [5, 5.41) is 20.4. The third kappa shape index (κ3) is 3.32. The van der Waals surface area contributed by atoms with Crippen molar-refractivity contribution in [2.24, 2.45) is 0 Å². The number of benzene rings is 1. The third-order valence-electron chi connectivity index (χ3n) is 4.50. The van der Waals surface area contributed by atoms with Gasteiger partial charge in [0.25, 0.3) is 0 Å². The summed E-state index contributed by atoms with van der Waals surface area (Å²) in [6, 6.07) is 10.2. The summed E-state index contributed by atoms with van der Waals surface area (Å²) in [5.74, 6) is -0.977. The van der Waals surface area contributed by atoms with Crippen molar-refractivity contribution in [3.05, 3.63) is 70.8 Å². The molecule has 0 fully saturated rings. The maximum atomic E-state index is 11.3. The number of fused-ring (bicyclic) bond motifs is 1. The van der Waals surface area contributed by atoms with Crippen molar-refractivity contribution in [1.29, 1.82) is 0 Å². The Morgan fingerprint density at radius 2 is 2.04 bits per heavy atom. The van der Waals surface area contributed by atoms with Crippen LogP contribution in [0.4, 0.5) is 0 Å². The molecule has 0 spiro atoms. The van der Waals surface area contributed by atoms with Gasteiger partial charge in [-0.25, -0.2) is 4.79 Å². The molecular weight excluding hydrogens is 318 g/mol.